The molecule has 3 aliphatic rings. The van der Waals surface area contributed by atoms with Crippen molar-refractivity contribution in [2.24, 2.45) is 23.7 Å². The number of likely N-dealkylation sites (tertiary alicyclic amines) is 1. The van der Waals surface area contributed by atoms with Crippen molar-refractivity contribution in [1.82, 2.24) is 4.90 Å². The van der Waals surface area contributed by atoms with Gasteiger partial charge in [-0.1, -0.05) is 45.0 Å². The van der Waals surface area contributed by atoms with Gasteiger partial charge < -0.3 is 20.0 Å². The molecule has 3 aliphatic heterocycles. The molecule has 0 radical (unpaired) electrons. The van der Waals surface area contributed by atoms with Crippen LogP contribution in [0.4, 0.5) is 5.69 Å². The number of aliphatic carboxylic acids is 1. The summed E-state index contributed by atoms with van der Waals surface area (Å²) < 4.78 is -0.845. The fourth-order valence-corrected chi connectivity index (χ4v) is 9.43. The lowest BCUT2D eigenvalue weighted by atomic mass is 9.66. The molecule has 0 aromatic heterocycles. The number of carboxylic acid groups (broad SMARTS) is 1. The third-order valence-corrected chi connectivity index (χ3v) is 10.4. The van der Waals surface area contributed by atoms with Crippen LogP contribution in [0.25, 0.3) is 0 Å². The quantitative estimate of drug-likeness (QED) is 0.488. The Hall–Kier alpha value is -2.32. The van der Waals surface area contributed by atoms with Crippen LogP contribution in [0.3, 0.4) is 0 Å². The molecule has 2 N–H and O–H groups in total. The zero-order valence-electron chi connectivity index (χ0n) is 21.8. The van der Waals surface area contributed by atoms with Crippen molar-refractivity contribution in [2.75, 3.05) is 18.1 Å². The fourth-order valence-electron chi connectivity index (χ4n) is 7.03. The van der Waals surface area contributed by atoms with Crippen LogP contribution < -0.4 is 4.90 Å². The predicted molar refractivity (Wildman–Crippen MR) is 142 cm³/mol. The summed E-state index contributed by atoms with van der Waals surface area (Å²) in [5.41, 5.74) is 2.67. The summed E-state index contributed by atoms with van der Waals surface area (Å²) in [5, 5.41) is 20.4. The van der Waals surface area contributed by atoms with Crippen LogP contribution >= 0.6 is 11.8 Å². The second-order valence-electron chi connectivity index (χ2n) is 11.1. The van der Waals surface area contributed by atoms with Gasteiger partial charge in [-0.2, -0.15) is 0 Å². The van der Waals surface area contributed by atoms with Gasteiger partial charge in [0.25, 0.3) is 5.91 Å². The summed E-state index contributed by atoms with van der Waals surface area (Å²) in [6.45, 7) is 13.9. The van der Waals surface area contributed by atoms with Crippen molar-refractivity contribution in [3.63, 3.8) is 0 Å². The van der Waals surface area contributed by atoms with Crippen LogP contribution in [-0.2, 0) is 14.4 Å². The van der Waals surface area contributed by atoms with Gasteiger partial charge in [0.1, 0.15) is 6.04 Å². The van der Waals surface area contributed by atoms with Gasteiger partial charge in [-0.15, -0.1) is 18.3 Å². The summed E-state index contributed by atoms with van der Waals surface area (Å²) >= 11 is 1.53. The van der Waals surface area contributed by atoms with Gasteiger partial charge in [0.05, 0.1) is 29.2 Å². The van der Waals surface area contributed by atoms with E-state index in [0.29, 0.717) is 12.8 Å². The molecule has 3 saturated heterocycles. The number of carboxylic acids is 1. The molecule has 1 spiro atoms. The van der Waals surface area contributed by atoms with E-state index in [4.69, 9.17) is 0 Å². The molecule has 1 aromatic carbocycles. The van der Waals surface area contributed by atoms with E-state index < -0.39 is 34.6 Å². The number of benzene rings is 1. The topological polar surface area (TPSA) is 98.2 Å². The van der Waals surface area contributed by atoms with Crippen LogP contribution in [0.1, 0.15) is 44.7 Å². The normalized spacial score (nSPS) is 31.6. The second kappa shape index (κ2) is 9.86. The average molecular weight is 515 g/mol. The Labute approximate surface area is 217 Å². The van der Waals surface area contributed by atoms with Crippen LogP contribution in [0.15, 0.2) is 30.9 Å². The van der Waals surface area contributed by atoms with Gasteiger partial charge in [-0.3, -0.25) is 14.4 Å². The fraction of sp³-hybridized carbons (Fsp3) is 0.607. The number of aryl methyl sites for hydroxylation is 2. The maximum Gasteiger partial charge on any atom is 0.308 e. The molecular formula is C28H38N2O5S. The Morgan fingerprint density at radius 1 is 1.31 bits per heavy atom. The summed E-state index contributed by atoms with van der Waals surface area (Å²) in [6, 6.07) is 4.44. The van der Waals surface area contributed by atoms with Crippen molar-refractivity contribution in [3.05, 3.63) is 42.0 Å². The molecule has 196 valence electrons. The van der Waals surface area contributed by atoms with Gasteiger partial charge in [0.15, 0.2) is 0 Å². The Kier molecular flexibility index (Phi) is 7.32. The molecule has 0 saturated carbocycles. The molecule has 36 heavy (non-hydrogen) atoms. The SMILES string of the molecule is C=CCN(C(=O)C1N([C@@H](CO)CC(C)C)C(=O)[C@@H]2[C@@H](C(=O)O)[C@H]3CC(C)C12S3)c1c(C)cccc1C. The summed E-state index contributed by atoms with van der Waals surface area (Å²) in [7, 11) is 0. The highest BCUT2D eigenvalue weighted by atomic mass is 32.2. The highest BCUT2D eigenvalue weighted by Crippen LogP contribution is 2.69. The van der Waals surface area contributed by atoms with E-state index in [2.05, 4.69) is 6.58 Å². The van der Waals surface area contributed by atoms with E-state index >= 15 is 0 Å². The molecule has 7 nitrogen and oxygen atoms in total. The number of anilines is 1. The molecule has 3 fully saturated rings. The first-order valence-corrected chi connectivity index (χ1v) is 13.7. The van der Waals surface area contributed by atoms with Gasteiger partial charge in [-0.25, -0.2) is 0 Å². The molecular weight excluding hydrogens is 476 g/mol. The van der Waals surface area contributed by atoms with Crippen LogP contribution in [-0.4, -0.2) is 68.1 Å². The number of carbonyl (C=O) groups excluding carboxylic acids is 2. The largest absolute Gasteiger partial charge is 0.481 e. The van der Waals surface area contributed by atoms with Crippen molar-refractivity contribution >= 4 is 35.2 Å². The van der Waals surface area contributed by atoms with Crippen molar-refractivity contribution in [3.8, 4) is 0 Å². The minimum Gasteiger partial charge on any atom is -0.481 e. The smallest absolute Gasteiger partial charge is 0.308 e. The van der Waals surface area contributed by atoms with E-state index in [1.54, 1.807) is 15.9 Å². The number of hydrogen-bond donors (Lipinski definition) is 2. The Morgan fingerprint density at radius 3 is 2.47 bits per heavy atom. The molecule has 4 rings (SSSR count). The maximum atomic E-state index is 14.7. The Morgan fingerprint density at radius 2 is 1.94 bits per heavy atom. The van der Waals surface area contributed by atoms with Gasteiger partial charge in [0, 0.05) is 17.5 Å². The average Bonchev–Trinajstić information content (AvgIpc) is 3.40. The lowest BCUT2D eigenvalue weighted by Crippen LogP contribution is -2.59. The minimum atomic E-state index is -0.977. The predicted octanol–water partition coefficient (Wildman–Crippen LogP) is 3.65. The summed E-state index contributed by atoms with van der Waals surface area (Å²) in [6.07, 6.45) is 2.86. The first kappa shape index (κ1) is 26.7. The standard InChI is InChI=1S/C28H38N2O5S/c1-7-11-29(23-16(4)9-8-10-17(23)5)26(33)24-28-18(6)13-20(36-28)21(27(34)35)22(28)25(32)30(24)19(14-31)12-15(2)3/h7-10,15,18-22,24,31H,1,11-14H2,2-6H3,(H,34,35)/t18?,19-,20-,21+,22+,24?,28?/m1/s1. The number of nitrogens with zero attached hydrogens (tertiary/aromatic N) is 2. The number of thioether (sulfide) groups is 1. The third kappa shape index (κ3) is 3.88. The van der Waals surface area contributed by atoms with Gasteiger partial charge in [0.2, 0.25) is 5.91 Å². The Bertz CT molecular complexity index is 1050. The zero-order valence-corrected chi connectivity index (χ0v) is 22.6. The lowest BCUT2D eigenvalue weighted by molar-refractivity contribution is -0.149. The monoisotopic (exact) mass is 514 g/mol. The Balaban J connectivity index is 1.90. The number of hydrogen-bond acceptors (Lipinski definition) is 5. The van der Waals surface area contributed by atoms with E-state index in [9.17, 15) is 24.6 Å². The van der Waals surface area contributed by atoms with Crippen molar-refractivity contribution in [1.29, 1.82) is 0 Å². The van der Waals surface area contributed by atoms with E-state index in [0.717, 1.165) is 16.8 Å². The van der Waals surface area contributed by atoms with Gasteiger partial charge in [-0.05, 0) is 49.7 Å². The second-order valence-corrected chi connectivity index (χ2v) is 12.6. The number of rotatable bonds is 9. The highest BCUT2D eigenvalue weighted by Gasteiger charge is 2.77. The first-order chi connectivity index (χ1) is 17.0. The molecule has 1 aromatic rings. The maximum absolute atomic E-state index is 14.7. The lowest BCUT2D eigenvalue weighted by Gasteiger charge is -2.42. The number of carbonyl (C=O) groups is 3. The summed E-state index contributed by atoms with van der Waals surface area (Å²) in [5.74, 6) is -2.95. The third-order valence-electron chi connectivity index (χ3n) is 8.34. The van der Waals surface area contributed by atoms with Crippen LogP contribution in [0.2, 0.25) is 0 Å². The number of aliphatic hydroxyl groups is 1. The molecule has 2 amide bonds. The van der Waals surface area contributed by atoms with E-state index in [1.807, 2.05) is 52.8 Å². The summed E-state index contributed by atoms with van der Waals surface area (Å²) in [4.78, 5) is 44.5. The number of fused-ring (bicyclic) bond motifs is 1. The molecule has 3 unspecified atom stereocenters. The van der Waals surface area contributed by atoms with Crippen molar-refractivity contribution < 1.29 is 24.6 Å². The first-order valence-electron chi connectivity index (χ1n) is 12.8. The molecule has 7 atom stereocenters. The van der Waals surface area contributed by atoms with Crippen molar-refractivity contribution in [2.45, 2.75) is 69.5 Å². The molecule has 0 aliphatic carbocycles. The number of amides is 2. The van der Waals surface area contributed by atoms with Gasteiger partial charge >= 0.3 is 5.97 Å². The highest BCUT2D eigenvalue weighted by molar-refractivity contribution is 8.02. The minimum absolute atomic E-state index is 0.0158. The van der Waals surface area contributed by atoms with Crippen LogP contribution in [0, 0.1) is 37.5 Å². The zero-order chi connectivity index (χ0) is 26.5. The van der Waals surface area contributed by atoms with E-state index in [1.165, 1.54) is 11.8 Å². The number of aliphatic hydroxyl groups excluding tert-OH is 1. The van der Waals surface area contributed by atoms with Crippen LogP contribution in [0.5, 0.6) is 0 Å². The van der Waals surface area contributed by atoms with E-state index in [-0.39, 0.29) is 42.1 Å². The number of para-hydroxylation sites is 1. The molecule has 2 bridgehead atoms. The molecule has 3 heterocycles. The molecule has 8 heteroatoms.